The van der Waals surface area contributed by atoms with Gasteiger partial charge in [0.05, 0.1) is 30.6 Å². The Bertz CT molecular complexity index is 966. The van der Waals surface area contributed by atoms with Crippen molar-refractivity contribution in [3.05, 3.63) is 23.3 Å². The molecule has 0 unspecified atom stereocenters. The first-order valence-corrected chi connectivity index (χ1v) is 9.95. The van der Waals surface area contributed by atoms with Gasteiger partial charge >= 0.3 is 12.6 Å². The van der Waals surface area contributed by atoms with Crippen molar-refractivity contribution < 1.29 is 23.0 Å². The smallest absolute Gasteiger partial charge is 0.410 e. The van der Waals surface area contributed by atoms with Gasteiger partial charge in [0.2, 0.25) is 5.88 Å². The number of carbonyl (C=O) groups excluding carboxylic acids is 1. The number of hydrogen-bond donors (Lipinski definition) is 0. The molecule has 0 radical (unpaired) electrons. The molecule has 0 bridgehead atoms. The van der Waals surface area contributed by atoms with Gasteiger partial charge in [0.25, 0.3) is 0 Å². The molecule has 2 aromatic heterocycles. The molecule has 0 saturated heterocycles. The minimum atomic E-state index is -2.79. The Labute approximate surface area is 173 Å². The lowest BCUT2D eigenvalue weighted by molar-refractivity contribution is 0.0212. The van der Waals surface area contributed by atoms with Crippen molar-refractivity contribution >= 4 is 6.09 Å². The summed E-state index contributed by atoms with van der Waals surface area (Å²) >= 11 is 0. The highest BCUT2D eigenvalue weighted by molar-refractivity contribution is 5.74. The largest absolute Gasteiger partial charge is 0.480 e. The van der Waals surface area contributed by atoms with E-state index in [4.69, 9.17) is 9.47 Å². The van der Waals surface area contributed by atoms with E-state index in [0.717, 1.165) is 23.2 Å². The monoisotopic (exact) mass is 421 g/mol. The van der Waals surface area contributed by atoms with Gasteiger partial charge in [-0.3, -0.25) is 0 Å². The molecule has 0 N–H and O–H groups in total. The molecule has 30 heavy (non-hydrogen) atoms. The molecule has 1 saturated carbocycles. The van der Waals surface area contributed by atoms with Crippen LogP contribution in [0.3, 0.4) is 0 Å². The van der Waals surface area contributed by atoms with Gasteiger partial charge in [-0.25, -0.2) is 19.4 Å². The molecule has 1 aliphatic carbocycles. The highest BCUT2D eigenvalue weighted by atomic mass is 19.3. The predicted molar refractivity (Wildman–Crippen MR) is 103 cm³/mol. The Kier molecular flexibility index (Phi) is 5.11. The second-order valence-corrected chi connectivity index (χ2v) is 8.57. The standard InChI is InChI=1S/C20H25F2N5O3/c1-20(2,3)30-19(28)26-8-7-13-12(9-26)16(25-27(13)18(21)22)14-15(11-5-6-11)23-10-24-17(14)29-4/h10-11,18H,5-9H2,1-4H3. The second kappa shape index (κ2) is 7.48. The second-order valence-electron chi connectivity index (χ2n) is 8.57. The van der Waals surface area contributed by atoms with Crippen molar-refractivity contribution in [3.63, 3.8) is 0 Å². The molecule has 2 aliphatic rings. The normalized spacial score (nSPS) is 16.6. The van der Waals surface area contributed by atoms with Crippen LogP contribution in [0.4, 0.5) is 13.6 Å². The Morgan fingerprint density at radius 3 is 2.60 bits per heavy atom. The summed E-state index contributed by atoms with van der Waals surface area (Å²) in [6.45, 7) is 2.96. The number of amides is 1. The molecule has 1 fully saturated rings. The van der Waals surface area contributed by atoms with Crippen LogP contribution in [0.25, 0.3) is 11.3 Å². The number of hydrogen-bond acceptors (Lipinski definition) is 6. The number of rotatable bonds is 4. The van der Waals surface area contributed by atoms with Crippen molar-refractivity contribution in [2.45, 2.75) is 64.6 Å². The van der Waals surface area contributed by atoms with E-state index in [1.54, 1.807) is 20.8 Å². The highest BCUT2D eigenvalue weighted by Gasteiger charge is 2.37. The first-order valence-electron chi connectivity index (χ1n) is 9.95. The topological polar surface area (TPSA) is 82.4 Å². The number of fused-ring (bicyclic) bond motifs is 1. The van der Waals surface area contributed by atoms with Crippen LogP contribution < -0.4 is 4.74 Å². The summed E-state index contributed by atoms with van der Waals surface area (Å²) in [7, 11) is 1.48. The van der Waals surface area contributed by atoms with Gasteiger partial charge in [0.15, 0.2) is 0 Å². The lowest BCUT2D eigenvalue weighted by Gasteiger charge is -2.30. The molecular weight excluding hydrogens is 396 g/mol. The number of ether oxygens (including phenoxy) is 2. The summed E-state index contributed by atoms with van der Waals surface area (Å²) in [5.41, 5.74) is 1.94. The maximum atomic E-state index is 13.7. The van der Waals surface area contributed by atoms with E-state index in [1.165, 1.54) is 18.3 Å². The zero-order valence-electron chi connectivity index (χ0n) is 17.5. The average molecular weight is 421 g/mol. The van der Waals surface area contributed by atoms with E-state index >= 15 is 0 Å². The molecule has 8 nitrogen and oxygen atoms in total. The molecule has 0 atom stereocenters. The van der Waals surface area contributed by atoms with Gasteiger partial charge in [-0.1, -0.05) is 0 Å². The third-order valence-electron chi connectivity index (χ3n) is 5.16. The fourth-order valence-electron chi connectivity index (χ4n) is 3.72. The predicted octanol–water partition coefficient (Wildman–Crippen LogP) is 3.91. The van der Waals surface area contributed by atoms with Crippen LogP contribution in [0.2, 0.25) is 0 Å². The lowest BCUT2D eigenvalue weighted by Crippen LogP contribution is -2.40. The van der Waals surface area contributed by atoms with Crippen LogP contribution >= 0.6 is 0 Å². The number of halogens is 2. The zero-order chi connectivity index (χ0) is 21.6. The summed E-state index contributed by atoms with van der Waals surface area (Å²) in [6, 6.07) is 0. The van der Waals surface area contributed by atoms with Gasteiger partial charge in [0.1, 0.15) is 17.6 Å². The Morgan fingerprint density at radius 2 is 2.00 bits per heavy atom. The van der Waals surface area contributed by atoms with Gasteiger partial charge in [-0.2, -0.15) is 13.9 Å². The Balaban J connectivity index is 1.80. The summed E-state index contributed by atoms with van der Waals surface area (Å²) in [4.78, 5) is 22.7. The first kappa shape index (κ1) is 20.5. The van der Waals surface area contributed by atoms with Crippen molar-refractivity contribution in [2.24, 2.45) is 0 Å². The van der Waals surface area contributed by atoms with Crippen LogP contribution in [-0.4, -0.2) is 50.0 Å². The number of aromatic nitrogens is 4. The SMILES string of the molecule is COc1ncnc(C2CC2)c1-c1nn(C(F)F)c2c1CN(C(=O)OC(C)(C)C)CC2. The molecule has 1 amide bonds. The Hall–Kier alpha value is -2.78. The van der Waals surface area contributed by atoms with E-state index < -0.39 is 18.2 Å². The van der Waals surface area contributed by atoms with Gasteiger partial charge in [-0.05, 0) is 33.6 Å². The van der Waals surface area contributed by atoms with Crippen LogP contribution in [-0.2, 0) is 17.7 Å². The third-order valence-corrected chi connectivity index (χ3v) is 5.16. The molecule has 3 heterocycles. The summed E-state index contributed by atoms with van der Waals surface area (Å²) in [5, 5.41) is 4.24. The molecular formula is C20H25F2N5O3. The number of alkyl halides is 2. The van der Waals surface area contributed by atoms with E-state index in [2.05, 4.69) is 15.1 Å². The summed E-state index contributed by atoms with van der Waals surface area (Å²) < 4.78 is 39.1. The minimum Gasteiger partial charge on any atom is -0.480 e. The molecule has 4 rings (SSSR count). The van der Waals surface area contributed by atoms with Crippen LogP contribution in [0.5, 0.6) is 5.88 Å². The maximum absolute atomic E-state index is 13.7. The Morgan fingerprint density at radius 1 is 1.27 bits per heavy atom. The average Bonchev–Trinajstić information content (AvgIpc) is 3.46. The third kappa shape index (κ3) is 3.82. The fourth-order valence-corrected chi connectivity index (χ4v) is 3.72. The van der Waals surface area contributed by atoms with Crippen LogP contribution in [0.1, 0.15) is 63.0 Å². The minimum absolute atomic E-state index is 0.119. The summed E-state index contributed by atoms with van der Waals surface area (Å²) in [6.07, 6.45) is 3.12. The van der Waals surface area contributed by atoms with E-state index in [0.29, 0.717) is 28.4 Å². The number of methoxy groups -OCH3 is 1. The van der Waals surface area contributed by atoms with Crippen molar-refractivity contribution in [1.82, 2.24) is 24.6 Å². The van der Waals surface area contributed by atoms with E-state index in [1.807, 2.05) is 0 Å². The summed E-state index contributed by atoms with van der Waals surface area (Å²) in [5.74, 6) is 0.526. The van der Waals surface area contributed by atoms with Gasteiger partial charge in [0, 0.05) is 24.4 Å². The van der Waals surface area contributed by atoms with Crippen molar-refractivity contribution in [3.8, 4) is 17.1 Å². The number of carbonyl (C=O) groups is 1. The van der Waals surface area contributed by atoms with E-state index in [9.17, 15) is 13.6 Å². The molecule has 2 aromatic rings. The van der Waals surface area contributed by atoms with Gasteiger partial charge in [-0.15, -0.1) is 0 Å². The van der Waals surface area contributed by atoms with Crippen molar-refractivity contribution in [2.75, 3.05) is 13.7 Å². The zero-order valence-corrected chi connectivity index (χ0v) is 17.5. The van der Waals surface area contributed by atoms with Crippen LogP contribution in [0, 0.1) is 0 Å². The maximum Gasteiger partial charge on any atom is 0.410 e. The van der Waals surface area contributed by atoms with Crippen molar-refractivity contribution in [1.29, 1.82) is 0 Å². The molecule has 10 heteroatoms. The molecule has 0 aromatic carbocycles. The highest BCUT2D eigenvalue weighted by Crippen LogP contribution is 2.47. The first-order chi connectivity index (χ1) is 14.2. The van der Waals surface area contributed by atoms with E-state index in [-0.39, 0.29) is 25.4 Å². The molecule has 0 spiro atoms. The van der Waals surface area contributed by atoms with Gasteiger partial charge < -0.3 is 14.4 Å². The van der Waals surface area contributed by atoms with Crippen LogP contribution in [0.15, 0.2) is 6.33 Å². The lowest BCUT2D eigenvalue weighted by atomic mass is 9.99. The molecule has 1 aliphatic heterocycles. The quantitative estimate of drug-likeness (QED) is 0.744. The number of nitrogens with zero attached hydrogens (tertiary/aromatic N) is 5. The fraction of sp³-hybridized carbons (Fsp3) is 0.600. The molecule has 162 valence electrons.